The van der Waals surface area contributed by atoms with E-state index in [0.717, 1.165) is 59.6 Å². The quantitative estimate of drug-likeness (QED) is 0.242. The van der Waals surface area contributed by atoms with Crippen LogP contribution in [0.2, 0.25) is 0 Å². The number of rotatable bonds is 9. The van der Waals surface area contributed by atoms with Gasteiger partial charge in [-0.05, 0) is 87.0 Å². The first-order chi connectivity index (χ1) is 21.1. The van der Waals surface area contributed by atoms with Crippen molar-refractivity contribution in [2.75, 3.05) is 26.2 Å². The number of benzene rings is 2. The van der Waals surface area contributed by atoms with Gasteiger partial charge in [-0.25, -0.2) is 4.68 Å². The van der Waals surface area contributed by atoms with Crippen molar-refractivity contribution < 1.29 is 9.59 Å². The Labute approximate surface area is 254 Å². The van der Waals surface area contributed by atoms with Gasteiger partial charge in [0.1, 0.15) is 5.78 Å². The highest BCUT2D eigenvalue weighted by Gasteiger charge is 2.31. The van der Waals surface area contributed by atoms with Gasteiger partial charge in [0.25, 0.3) is 5.91 Å². The van der Waals surface area contributed by atoms with Crippen LogP contribution in [0.5, 0.6) is 0 Å². The first-order valence-corrected chi connectivity index (χ1v) is 15.7. The number of carbonyl (C=O) groups excluding carboxylic acids is 2. The standard InChI is InChI=1S/C36H41N5O2/c1-27-34(30-10-4-2-5-11-30)35(36(43)40-23-18-31(19-24-40)39-21-6-3-7-22-39)38-41(27)32-15-12-28(13-16-32)25-33(42)17-14-29-9-8-20-37-26-29/h2,4-5,8-13,15-16,20,26,31H,3,6-7,14,17-19,21-25H2,1H3. The van der Waals surface area contributed by atoms with E-state index >= 15 is 0 Å². The average Bonchev–Trinajstić information content (AvgIpc) is 3.42. The van der Waals surface area contributed by atoms with Crippen LogP contribution in [0.15, 0.2) is 79.1 Å². The molecule has 0 aliphatic carbocycles. The molecule has 6 rings (SSSR count). The molecule has 2 aromatic heterocycles. The molecule has 222 valence electrons. The zero-order valence-corrected chi connectivity index (χ0v) is 25.1. The van der Waals surface area contributed by atoms with Crippen LogP contribution in [0.4, 0.5) is 0 Å². The van der Waals surface area contributed by atoms with Crippen LogP contribution >= 0.6 is 0 Å². The Morgan fingerprint density at radius 3 is 2.28 bits per heavy atom. The molecule has 2 fully saturated rings. The summed E-state index contributed by atoms with van der Waals surface area (Å²) in [6.45, 7) is 5.95. The molecule has 2 aromatic carbocycles. The fraction of sp³-hybridized carbons (Fsp3) is 0.389. The van der Waals surface area contributed by atoms with Crippen LogP contribution in [-0.4, -0.2) is 68.5 Å². The Hall–Kier alpha value is -4.10. The Kier molecular flexibility index (Phi) is 9.08. The van der Waals surface area contributed by atoms with E-state index in [0.29, 0.717) is 31.0 Å². The molecule has 0 atom stereocenters. The zero-order chi connectivity index (χ0) is 29.6. The summed E-state index contributed by atoms with van der Waals surface area (Å²) in [5.41, 5.74) is 6.25. The van der Waals surface area contributed by atoms with Gasteiger partial charge in [0.15, 0.2) is 5.69 Å². The molecule has 2 aliphatic rings. The second-order valence-corrected chi connectivity index (χ2v) is 12.0. The van der Waals surface area contributed by atoms with Crippen LogP contribution in [0.1, 0.15) is 65.8 Å². The van der Waals surface area contributed by atoms with Gasteiger partial charge in [0.05, 0.1) is 5.69 Å². The zero-order valence-electron chi connectivity index (χ0n) is 25.1. The van der Waals surface area contributed by atoms with Gasteiger partial charge >= 0.3 is 0 Å². The number of hydrogen-bond donors (Lipinski definition) is 0. The van der Waals surface area contributed by atoms with Gasteiger partial charge in [-0.1, -0.05) is 55.0 Å². The number of likely N-dealkylation sites (tertiary alicyclic amines) is 2. The van der Waals surface area contributed by atoms with Crippen LogP contribution in [0.3, 0.4) is 0 Å². The number of pyridine rings is 1. The molecule has 2 aliphatic heterocycles. The lowest BCUT2D eigenvalue weighted by molar-refractivity contribution is -0.118. The lowest BCUT2D eigenvalue weighted by Crippen LogP contribution is -2.48. The monoisotopic (exact) mass is 575 g/mol. The van der Waals surface area contributed by atoms with E-state index in [9.17, 15) is 9.59 Å². The number of nitrogens with zero attached hydrogens (tertiary/aromatic N) is 5. The molecule has 43 heavy (non-hydrogen) atoms. The third kappa shape index (κ3) is 6.78. The smallest absolute Gasteiger partial charge is 0.275 e. The molecule has 4 heterocycles. The van der Waals surface area contributed by atoms with Gasteiger partial charge in [-0.3, -0.25) is 14.6 Å². The molecule has 0 spiro atoms. The molecule has 0 saturated carbocycles. The second-order valence-electron chi connectivity index (χ2n) is 12.0. The van der Waals surface area contributed by atoms with Crippen molar-refractivity contribution in [1.29, 1.82) is 0 Å². The lowest BCUT2D eigenvalue weighted by atomic mass is 9.98. The molecular formula is C36H41N5O2. The van der Waals surface area contributed by atoms with Gasteiger partial charge in [-0.15, -0.1) is 0 Å². The second kappa shape index (κ2) is 13.5. The van der Waals surface area contributed by atoms with Gasteiger partial charge in [-0.2, -0.15) is 5.10 Å². The summed E-state index contributed by atoms with van der Waals surface area (Å²) in [6, 6.07) is 22.6. The Morgan fingerprint density at radius 1 is 0.837 bits per heavy atom. The van der Waals surface area contributed by atoms with Crippen molar-refractivity contribution in [3.8, 4) is 16.8 Å². The predicted molar refractivity (Wildman–Crippen MR) is 169 cm³/mol. The fourth-order valence-electron chi connectivity index (χ4n) is 6.62. The van der Waals surface area contributed by atoms with E-state index in [2.05, 4.69) is 9.88 Å². The molecule has 0 bridgehead atoms. The first kappa shape index (κ1) is 29.0. The third-order valence-electron chi connectivity index (χ3n) is 9.04. The normalized spacial score (nSPS) is 16.3. The molecule has 4 aromatic rings. The van der Waals surface area contributed by atoms with Crippen LogP contribution in [0.25, 0.3) is 16.8 Å². The summed E-state index contributed by atoms with van der Waals surface area (Å²) < 4.78 is 1.88. The highest BCUT2D eigenvalue weighted by molar-refractivity contribution is 6.00. The number of aromatic nitrogens is 3. The maximum Gasteiger partial charge on any atom is 0.275 e. The number of hydrogen-bond acceptors (Lipinski definition) is 5. The van der Waals surface area contributed by atoms with Gasteiger partial charge in [0.2, 0.25) is 0 Å². The molecular weight excluding hydrogens is 534 g/mol. The van der Waals surface area contributed by atoms with Gasteiger partial charge in [0, 0.05) is 55.6 Å². The lowest BCUT2D eigenvalue weighted by Gasteiger charge is -2.40. The molecule has 0 unspecified atom stereocenters. The third-order valence-corrected chi connectivity index (χ3v) is 9.04. The topological polar surface area (TPSA) is 71.3 Å². The van der Waals surface area contributed by atoms with E-state index in [-0.39, 0.29) is 11.7 Å². The Bertz CT molecular complexity index is 1520. The van der Waals surface area contributed by atoms with Crippen LogP contribution in [-0.2, 0) is 17.6 Å². The van der Waals surface area contributed by atoms with Crippen molar-refractivity contribution in [2.24, 2.45) is 0 Å². The number of piperidine rings is 2. The average molecular weight is 576 g/mol. The van der Waals surface area contributed by atoms with Crippen LogP contribution in [0, 0.1) is 6.92 Å². The van der Waals surface area contributed by atoms with Crippen molar-refractivity contribution in [2.45, 2.75) is 64.3 Å². The molecule has 7 heteroatoms. The van der Waals surface area contributed by atoms with Crippen molar-refractivity contribution >= 4 is 11.7 Å². The summed E-state index contributed by atoms with van der Waals surface area (Å²) in [6.07, 6.45) is 11.1. The fourth-order valence-corrected chi connectivity index (χ4v) is 6.62. The first-order valence-electron chi connectivity index (χ1n) is 15.7. The summed E-state index contributed by atoms with van der Waals surface area (Å²) in [5.74, 6) is 0.212. The summed E-state index contributed by atoms with van der Waals surface area (Å²) in [5, 5.41) is 4.94. The maximum absolute atomic E-state index is 14.0. The van der Waals surface area contributed by atoms with E-state index in [1.807, 2.05) is 89.4 Å². The van der Waals surface area contributed by atoms with E-state index < -0.39 is 0 Å². The molecule has 0 N–H and O–H groups in total. The van der Waals surface area contributed by atoms with Crippen molar-refractivity contribution in [3.05, 3.63) is 102 Å². The van der Waals surface area contributed by atoms with E-state index in [1.54, 1.807) is 6.20 Å². The highest BCUT2D eigenvalue weighted by atomic mass is 16.2. The molecule has 2 saturated heterocycles. The van der Waals surface area contributed by atoms with Crippen molar-refractivity contribution in [3.63, 3.8) is 0 Å². The predicted octanol–water partition coefficient (Wildman–Crippen LogP) is 6.08. The summed E-state index contributed by atoms with van der Waals surface area (Å²) in [7, 11) is 0. The van der Waals surface area contributed by atoms with E-state index in [1.165, 1.54) is 32.4 Å². The minimum atomic E-state index is 0.00799. The maximum atomic E-state index is 14.0. The van der Waals surface area contributed by atoms with Crippen LogP contribution < -0.4 is 0 Å². The SMILES string of the molecule is Cc1c(-c2ccccc2)c(C(=O)N2CCC(N3CCCCC3)CC2)nn1-c1ccc(CC(=O)CCc2cccnc2)cc1. The number of aryl methyl sites for hydroxylation is 1. The molecule has 1 amide bonds. The largest absolute Gasteiger partial charge is 0.337 e. The summed E-state index contributed by atoms with van der Waals surface area (Å²) in [4.78, 5) is 35.4. The van der Waals surface area contributed by atoms with Gasteiger partial charge < -0.3 is 9.80 Å². The minimum Gasteiger partial charge on any atom is -0.337 e. The Morgan fingerprint density at radius 2 is 1.58 bits per heavy atom. The van der Waals surface area contributed by atoms with E-state index in [4.69, 9.17) is 5.10 Å². The number of carbonyl (C=O) groups is 2. The molecule has 7 nitrogen and oxygen atoms in total. The number of Topliss-reactive ketones (excluding diaryl/α,β-unsaturated/α-hetero) is 1. The number of ketones is 1. The highest BCUT2D eigenvalue weighted by Crippen LogP contribution is 2.31. The summed E-state index contributed by atoms with van der Waals surface area (Å²) >= 11 is 0. The number of amides is 1. The minimum absolute atomic E-state index is 0.00799. The van der Waals surface area contributed by atoms with Crippen molar-refractivity contribution in [1.82, 2.24) is 24.6 Å². The Balaban J connectivity index is 1.18. The molecule has 0 radical (unpaired) electrons.